The van der Waals surface area contributed by atoms with Gasteiger partial charge in [0.1, 0.15) is 0 Å². The molecule has 0 aliphatic rings. The van der Waals surface area contributed by atoms with Gasteiger partial charge in [0, 0.05) is 12.3 Å². The molecular weight excluding hydrogens is 353 g/mol. The first-order valence-electron chi connectivity index (χ1n) is 5.19. The Bertz CT molecular complexity index is 668. The summed E-state index contributed by atoms with van der Waals surface area (Å²) in [5, 5.41) is 10.8. The van der Waals surface area contributed by atoms with E-state index in [4.69, 9.17) is 21.1 Å². The van der Waals surface area contributed by atoms with Crippen LogP contribution in [0.2, 0.25) is 5.28 Å². The zero-order valence-corrected chi connectivity index (χ0v) is 12.4. The molecule has 20 heavy (non-hydrogen) atoms. The molecule has 1 aromatic heterocycles. The van der Waals surface area contributed by atoms with Crippen LogP contribution >= 0.6 is 27.5 Å². The molecule has 0 bridgehead atoms. The molecule has 0 atom stereocenters. The topological polar surface area (TPSA) is 87.4 Å². The van der Waals surface area contributed by atoms with Crippen molar-refractivity contribution in [2.75, 3.05) is 7.11 Å². The van der Waals surface area contributed by atoms with Crippen LogP contribution in [0.25, 0.3) is 0 Å². The summed E-state index contributed by atoms with van der Waals surface area (Å²) in [4.78, 5) is 17.9. The average molecular weight is 361 g/mol. The third-order valence-corrected chi connectivity index (χ3v) is 2.97. The van der Waals surface area contributed by atoms with Crippen molar-refractivity contribution in [3.8, 4) is 17.4 Å². The maximum Gasteiger partial charge on any atom is 0.273 e. The molecule has 0 saturated carbocycles. The maximum atomic E-state index is 10.8. The van der Waals surface area contributed by atoms with Gasteiger partial charge in [0.05, 0.1) is 22.6 Å². The van der Waals surface area contributed by atoms with Gasteiger partial charge in [-0.1, -0.05) is 0 Å². The highest BCUT2D eigenvalue weighted by molar-refractivity contribution is 9.10. The number of methoxy groups -OCH3 is 1. The predicted molar refractivity (Wildman–Crippen MR) is 74.5 cm³/mol. The van der Waals surface area contributed by atoms with E-state index in [0.717, 1.165) is 0 Å². The van der Waals surface area contributed by atoms with Gasteiger partial charge in [-0.15, -0.1) is 0 Å². The van der Waals surface area contributed by atoms with Gasteiger partial charge < -0.3 is 9.47 Å². The SMILES string of the molecule is COc1ccc([N+](=O)[O-])cc1Oc1nc(Cl)ncc1Br. The number of aromatic nitrogens is 2. The van der Waals surface area contributed by atoms with E-state index in [1.165, 1.54) is 31.5 Å². The minimum Gasteiger partial charge on any atom is -0.493 e. The summed E-state index contributed by atoms with van der Waals surface area (Å²) >= 11 is 8.87. The van der Waals surface area contributed by atoms with Crippen molar-refractivity contribution in [1.82, 2.24) is 9.97 Å². The Hall–Kier alpha value is -1.93. The van der Waals surface area contributed by atoms with Crippen LogP contribution in [0.1, 0.15) is 0 Å². The molecule has 0 saturated heterocycles. The summed E-state index contributed by atoms with van der Waals surface area (Å²) in [5.41, 5.74) is -0.128. The van der Waals surface area contributed by atoms with E-state index in [1.54, 1.807) is 0 Å². The number of hydrogen-bond acceptors (Lipinski definition) is 6. The van der Waals surface area contributed by atoms with E-state index in [0.29, 0.717) is 10.2 Å². The second-order valence-electron chi connectivity index (χ2n) is 3.49. The van der Waals surface area contributed by atoms with Crippen LogP contribution < -0.4 is 9.47 Å². The predicted octanol–water partition coefficient (Wildman–Crippen LogP) is 3.60. The van der Waals surface area contributed by atoms with Crippen molar-refractivity contribution in [2.45, 2.75) is 0 Å². The van der Waals surface area contributed by atoms with Gasteiger partial charge in [-0.25, -0.2) is 4.98 Å². The molecule has 9 heteroatoms. The van der Waals surface area contributed by atoms with E-state index in [-0.39, 0.29) is 22.6 Å². The molecular formula is C11H7BrClN3O4. The summed E-state index contributed by atoms with van der Waals surface area (Å²) in [5.74, 6) is 0.609. The molecule has 0 fully saturated rings. The number of rotatable bonds is 4. The van der Waals surface area contributed by atoms with Gasteiger partial charge >= 0.3 is 0 Å². The van der Waals surface area contributed by atoms with Gasteiger partial charge in [0.2, 0.25) is 11.2 Å². The summed E-state index contributed by atoms with van der Waals surface area (Å²) in [7, 11) is 1.43. The highest BCUT2D eigenvalue weighted by Crippen LogP contribution is 2.36. The summed E-state index contributed by atoms with van der Waals surface area (Å²) in [6.45, 7) is 0. The lowest BCUT2D eigenvalue weighted by Crippen LogP contribution is -1.96. The lowest BCUT2D eigenvalue weighted by molar-refractivity contribution is -0.384. The zero-order valence-electron chi connectivity index (χ0n) is 10.0. The summed E-state index contributed by atoms with van der Waals surface area (Å²) in [6, 6.07) is 3.99. The molecule has 2 rings (SSSR count). The van der Waals surface area contributed by atoms with E-state index in [2.05, 4.69) is 25.9 Å². The Morgan fingerprint density at radius 2 is 2.15 bits per heavy atom. The van der Waals surface area contributed by atoms with Crippen LogP contribution in [0.5, 0.6) is 17.4 Å². The van der Waals surface area contributed by atoms with E-state index < -0.39 is 4.92 Å². The van der Waals surface area contributed by atoms with Crippen molar-refractivity contribution in [3.63, 3.8) is 0 Å². The Balaban J connectivity index is 2.43. The number of nitrogens with zero attached hydrogens (tertiary/aromatic N) is 3. The first-order valence-corrected chi connectivity index (χ1v) is 6.36. The van der Waals surface area contributed by atoms with E-state index in [1.807, 2.05) is 0 Å². The highest BCUT2D eigenvalue weighted by atomic mass is 79.9. The van der Waals surface area contributed by atoms with Crippen molar-refractivity contribution in [2.24, 2.45) is 0 Å². The normalized spacial score (nSPS) is 10.2. The van der Waals surface area contributed by atoms with Crippen molar-refractivity contribution in [1.29, 1.82) is 0 Å². The molecule has 0 aliphatic carbocycles. The lowest BCUT2D eigenvalue weighted by Gasteiger charge is -2.10. The average Bonchev–Trinajstić information content (AvgIpc) is 2.42. The Labute approximate surface area is 126 Å². The van der Waals surface area contributed by atoms with Crippen molar-refractivity contribution >= 4 is 33.2 Å². The Kier molecular flexibility index (Phi) is 4.35. The molecule has 1 aromatic carbocycles. The fourth-order valence-electron chi connectivity index (χ4n) is 1.37. The number of nitro groups is 1. The molecule has 2 aromatic rings. The Morgan fingerprint density at radius 1 is 1.40 bits per heavy atom. The van der Waals surface area contributed by atoms with E-state index >= 15 is 0 Å². The van der Waals surface area contributed by atoms with Crippen LogP contribution in [0.4, 0.5) is 5.69 Å². The van der Waals surface area contributed by atoms with Gasteiger partial charge in [-0.05, 0) is 33.6 Å². The van der Waals surface area contributed by atoms with Crippen molar-refractivity contribution in [3.05, 3.63) is 44.3 Å². The molecule has 0 spiro atoms. The largest absolute Gasteiger partial charge is 0.493 e. The maximum absolute atomic E-state index is 10.8. The minimum atomic E-state index is -0.533. The second kappa shape index (κ2) is 6.02. The Morgan fingerprint density at radius 3 is 2.80 bits per heavy atom. The van der Waals surface area contributed by atoms with Crippen LogP contribution in [0, 0.1) is 10.1 Å². The van der Waals surface area contributed by atoms with Gasteiger partial charge in [-0.2, -0.15) is 4.98 Å². The molecule has 0 unspecified atom stereocenters. The van der Waals surface area contributed by atoms with Gasteiger partial charge in [0.25, 0.3) is 5.69 Å². The van der Waals surface area contributed by atoms with Gasteiger partial charge in [0.15, 0.2) is 11.5 Å². The number of nitro benzene ring substituents is 1. The molecule has 0 aliphatic heterocycles. The van der Waals surface area contributed by atoms with Crippen molar-refractivity contribution < 1.29 is 14.4 Å². The number of ether oxygens (including phenoxy) is 2. The van der Waals surface area contributed by atoms with E-state index in [9.17, 15) is 10.1 Å². The number of non-ortho nitro benzene ring substituents is 1. The third-order valence-electron chi connectivity index (χ3n) is 2.25. The first-order chi connectivity index (χ1) is 9.51. The molecule has 1 heterocycles. The summed E-state index contributed by atoms with van der Waals surface area (Å²) < 4.78 is 11.0. The molecule has 0 radical (unpaired) electrons. The monoisotopic (exact) mass is 359 g/mol. The fraction of sp³-hybridized carbons (Fsp3) is 0.0909. The van der Waals surface area contributed by atoms with Crippen LogP contribution in [0.15, 0.2) is 28.9 Å². The molecule has 0 amide bonds. The van der Waals surface area contributed by atoms with Crippen LogP contribution in [-0.4, -0.2) is 22.0 Å². The van der Waals surface area contributed by atoms with Gasteiger partial charge in [-0.3, -0.25) is 10.1 Å². The minimum absolute atomic E-state index is 0.00685. The second-order valence-corrected chi connectivity index (χ2v) is 4.68. The molecule has 0 N–H and O–H groups in total. The number of halogens is 2. The quantitative estimate of drug-likeness (QED) is 0.470. The third kappa shape index (κ3) is 3.14. The molecule has 104 valence electrons. The summed E-state index contributed by atoms with van der Waals surface area (Å²) in [6.07, 6.45) is 1.41. The highest BCUT2D eigenvalue weighted by Gasteiger charge is 2.15. The lowest BCUT2D eigenvalue weighted by atomic mass is 10.3. The first kappa shape index (κ1) is 14.5. The molecule has 7 nitrogen and oxygen atoms in total. The smallest absolute Gasteiger partial charge is 0.273 e. The number of benzene rings is 1. The standard InChI is InChI=1S/C11H7BrClN3O4/c1-19-8-3-2-6(16(17)18)4-9(8)20-10-7(12)5-14-11(13)15-10/h2-5H,1H3. The fourth-order valence-corrected chi connectivity index (χ4v) is 1.76. The van der Waals surface area contributed by atoms with Crippen LogP contribution in [-0.2, 0) is 0 Å². The zero-order chi connectivity index (χ0) is 14.7. The van der Waals surface area contributed by atoms with Crippen LogP contribution in [0.3, 0.4) is 0 Å². The number of hydrogen-bond donors (Lipinski definition) is 0.